The number of nitrogens with zero attached hydrogens (tertiary/aromatic N) is 1. The molecular weight excluding hydrogens is 238 g/mol. The minimum absolute atomic E-state index is 0.223. The molecule has 1 aromatic heterocycles. The molecule has 2 N–H and O–H groups in total. The lowest BCUT2D eigenvalue weighted by atomic mass is 10.0. The van der Waals surface area contributed by atoms with Crippen LogP contribution in [0.15, 0.2) is 16.5 Å². The zero-order valence-corrected chi connectivity index (χ0v) is 12.5. The third-order valence-corrected chi connectivity index (χ3v) is 3.87. The van der Waals surface area contributed by atoms with Crippen LogP contribution in [0.3, 0.4) is 0 Å². The fourth-order valence-corrected chi connectivity index (χ4v) is 2.61. The van der Waals surface area contributed by atoms with Gasteiger partial charge in [0.2, 0.25) is 0 Å². The van der Waals surface area contributed by atoms with Crippen LogP contribution in [-0.2, 0) is 6.42 Å². The van der Waals surface area contributed by atoms with E-state index >= 15 is 0 Å². The Labute approximate surface area is 116 Å². The van der Waals surface area contributed by atoms with E-state index in [-0.39, 0.29) is 5.54 Å². The molecule has 0 aromatic carbocycles. The summed E-state index contributed by atoms with van der Waals surface area (Å²) < 4.78 is 5.57. The first-order valence-corrected chi connectivity index (χ1v) is 7.30. The third kappa shape index (κ3) is 4.34. The van der Waals surface area contributed by atoms with Crippen LogP contribution in [-0.4, -0.2) is 49.7 Å². The average Bonchev–Trinajstić information content (AvgIpc) is 2.82. The number of hydrogen-bond donors (Lipinski definition) is 2. The number of furan rings is 1. The molecule has 0 unspecified atom stereocenters. The largest absolute Gasteiger partial charge is 0.466 e. The highest BCUT2D eigenvalue weighted by Crippen LogP contribution is 2.14. The number of piperazine rings is 1. The van der Waals surface area contributed by atoms with Gasteiger partial charge in [-0.05, 0) is 32.9 Å². The molecule has 1 aromatic rings. The monoisotopic (exact) mass is 265 g/mol. The molecule has 1 aliphatic heterocycles. The van der Waals surface area contributed by atoms with Gasteiger partial charge in [0, 0.05) is 51.2 Å². The molecule has 2 rings (SSSR count). The summed E-state index contributed by atoms with van der Waals surface area (Å²) in [4.78, 5) is 2.56. The Morgan fingerprint density at radius 2 is 2.05 bits per heavy atom. The Bertz CT molecular complexity index is 380. The lowest BCUT2D eigenvalue weighted by Crippen LogP contribution is -2.57. The van der Waals surface area contributed by atoms with Crippen molar-refractivity contribution in [3.05, 3.63) is 23.7 Å². The van der Waals surface area contributed by atoms with Gasteiger partial charge in [0.1, 0.15) is 11.5 Å². The van der Waals surface area contributed by atoms with Gasteiger partial charge < -0.3 is 15.1 Å². The number of rotatable bonds is 6. The quantitative estimate of drug-likeness (QED) is 0.763. The van der Waals surface area contributed by atoms with E-state index in [2.05, 4.69) is 35.4 Å². The van der Waals surface area contributed by atoms with Crippen LogP contribution in [0.1, 0.15) is 25.4 Å². The van der Waals surface area contributed by atoms with Gasteiger partial charge in [-0.25, -0.2) is 0 Å². The zero-order chi connectivity index (χ0) is 13.7. The van der Waals surface area contributed by atoms with Gasteiger partial charge >= 0.3 is 0 Å². The van der Waals surface area contributed by atoms with Gasteiger partial charge in [-0.3, -0.25) is 4.90 Å². The smallest absolute Gasteiger partial charge is 0.105 e. The van der Waals surface area contributed by atoms with E-state index in [0.29, 0.717) is 0 Å². The summed E-state index contributed by atoms with van der Waals surface area (Å²) in [6, 6.07) is 4.10. The van der Waals surface area contributed by atoms with E-state index in [0.717, 1.165) is 57.2 Å². The van der Waals surface area contributed by atoms with E-state index in [4.69, 9.17) is 4.42 Å². The first kappa shape index (κ1) is 14.6. The highest BCUT2D eigenvalue weighted by molar-refractivity contribution is 5.05. The molecule has 0 spiro atoms. The van der Waals surface area contributed by atoms with E-state index < -0.39 is 0 Å². The second kappa shape index (κ2) is 6.55. The van der Waals surface area contributed by atoms with Crippen molar-refractivity contribution in [2.24, 2.45) is 0 Å². The Kier molecular flexibility index (Phi) is 5.02. The second-order valence-corrected chi connectivity index (χ2v) is 5.99. The van der Waals surface area contributed by atoms with E-state index in [1.54, 1.807) is 0 Å². The predicted molar refractivity (Wildman–Crippen MR) is 78.5 cm³/mol. The molecule has 4 nitrogen and oxygen atoms in total. The van der Waals surface area contributed by atoms with Crippen molar-refractivity contribution in [3.63, 3.8) is 0 Å². The van der Waals surface area contributed by atoms with Crippen LogP contribution < -0.4 is 10.6 Å². The predicted octanol–water partition coefficient (Wildman–Crippen LogP) is 1.40. The third-order valence-electron chi connectivity index (χ3n) is 3.87. The molecule has 2 heterocycles. The summed E-state index contributed by atoms with van der Waals surface area (Å²) in [6.45, 7) is 13.1. The fourth-order valence-electron chi connectivity index (χ4n) is 2.61. The number of hydrogen-bond acceptors (Lipinski definition) is 4. The number of nitrogens with one attached hydrogen (secondary N) is 2. The second-order valence-electron chi connectivity index (χ2n) is 5.99. The summed E-state index contributed by atoms with van der Waals surface area (Å²) in [5.41, 5.74) is 0.223. The molecule has 4 heteroatoms. The standard InChI is InChI=1S/C15H27N3O/c1-13-4-5-14(19-13)6-7-17-12-15(2,3)18-10-8-16-9-11-18/h4-5,16-17H,6-12H2,1-3H3. The maximum Gasteiger partial charge on any atom is 0.105 e. The summed E-state index contributed by atoms with van der Waals surface area (Å²) in [5, 5.41) is 6.96. The Hall–Kier alpha value is -0.840. The van der Waals surface area contributed by atoms with Crippen LogP contribution in [0, 0.1) is 6.92 Å². The lowest BCUT2D eigenvalue weighted by molar-refractivity contribution is 0.102. The molecule has 0 amide bonds. The molecule has 0 aliphatic carbocycles. The van der Waals surface area contributed by atoms with Crippen molar-refractivity contribution in [2.75, 3.05) is 39.3 Å². The van der Waals surface area contributed by atoms with E-state index in [1.165, 1.54) is 0 Å². The van der Waals surface area contributed by atoms with Crippen molar-refractivity contribution in [1.82, 2.24) is 15.5 Å². The Balaban J connectivity index is 1.69. The van der Waals surface area contributed by atoms with Crippen molar-refractivity contribution >= 4 is 0 Å². The first-order chi connectivity index (χ1) is 9.08. The van der Waals surface area contributed by atoms with E-state index in [9.17, 15) is 0 Å². The minimum atomic E-state index is 0.223. The normalized spacial score (nSPS) is 17.8. The number of aryl methyl sites for hydroxylation is 1. The molecule has 19 heavy (non-hydrogen) atoms. The van der Waals surface area contributed by atoms with Crippen molar-refractivity contribution in [2.45, 2.75) is 32.7 Å². The summed E-state index contributed by atoms with van der Waals surface area (Å²) in [6.07, 6.45) is 0.964. The molecule has 0 saturated carbocycles. The van der Waals surface area contributed by atoms with E-state index in [1.807, 2.05) is 13.0 Å². The van der Waals surface area contributed by atoms with Gasteiger partial charge in [-0.2, -0.15) is 0 Å². The van der Waals surface area contributed by atoms with Gasteiger partial charge in [0.05, 0.1) is 0 Å². The lowest BCUT2D eigenvalue weighted by Gasteiger charge is -2.41. The summed E-state index contributed by atoms with van der Waals surface area (Å²) in [7, 11) is 0. The first-order valence-electron chi connectivity index (χ1n) is 7.30. The maximum atomic E-state index is 5.57. The highest BCUT2D eigenvalue weighted by atomic mass is 16.3. The molecule has 0 bridgehead atoms. The molecular formula is C15H27N3O. The average molecular weight is 265 g/mol. The van der Waals surface area contributed by atoms with Crippen molar-refractivity contribution < 1.29 is 4.42 Å². The Morgan fingerprint density at radius 3 is 2.68 bits per heavy atom. The van der Waals surface area contributed by atoms with Gasteiger partial charge in [-0.15, -0.1) is 0 Å². The molecule has 1 aliphatic rings. The minimum Gasteiger partial charge on any atom is -0.466 e. The van der Waals surface area contributed by atoms with Crippen LogP contribution in [0.4, 0.5) is 0 Å². The summed E-state index contributed by atoms with van der Waals surface area (Å²) >= 11 is 0. The zero-order valence-electron chi connectivity index (χ0n) is 12.5. The van der Waals surface area contributed by atoms with Crippen LogP contribution in [0.25, 0.3) is 0 Å². The van der Waals surface area contributed by atoms with Gasteiger partial charge in [-0.1, -0.05) is 0 Å². The summed E-state index contributed by atoms with van der Waals surface area (Å²) in [5.74, 6) is 2.07. The van der Waals surface area contributed by atoms with Gasteiger partial charge in [0.25, 0.3) is 0 Å². The van der Waals surface area contributed by atoms with Crippen LogP contribution in [0.5, 0.6) is 0 Å². The van der Waals surface area contributed by atoms with Crippen molar-refractivity contribution in [1.29, 1.82) is 0 Å². The van der Waals surface area contributed by atoms with Crippen LogP contribution in [0.2, 0.25) is 0 Å². The van der Waals surface area contributed by atoms with Gasteiger partial charge in [0.15, 0.2) is 0 Å². The molecule has 1 fully saturated rings. The fraction of sp³-hybridized carbons (Fsp3) is 0.733. The van der Waals surface area contributed by atoms with Crippen LogP contribution >= 0.6 is 0 Å². The molecule has 1 saturated heterocycles. The molecule has 0 atom stereocenters. The SMILES string of the molecule is Cc1ccc(CCNCC(C)(C)N2CCNCC2)o1. The maximum absolute atomic E-state index is 5.57. The molecule has 0 radical (unpaired) electrons. The topological polar surface area (TPSA) is 40.4 Å². The highest BCUT2D eigenvalue weighted by Gasteiger charge is 2.27. The molecule has 108 valence electrons. The van der Waals surface area contributed by atoms with Crippen molar-refractivity contribution in [3.8, 4) is 0 Å². The Morgan fingerprint density at radius 1 is 1.32 bits per heavy atom.